The van der Waals surface area contributed by atoms with Gasteiger partial charge in [-0.3, -0.25) is 4.79 Å². The molecular formula is C21H28FNO3. The minimum absolute atomic E-state index is 0.0677. The summed E-state index contributed by atoms with van der Waals surface area (Å²) in [6.07, 6.45) is 4.42. The molecule has 2 bridgehead atoms. The molecule has 26 heavy (non-hydrogen) atoms. The van der Waals surface area contributed by atoms with Gasteiger partial charge in [0.05, 0.1) is 11.7 Å². The molecular weight excluding hydrogens is 333 g/mol. The van der Waals surface area contributed by atoms with Gasteiger partial charge in [-0.15, -0.1) is 0 Å². The molecule has 5 heteroatoms. The Labute approximate surface area is 154 Å². The first-order valence-corrected chi connectivity index (χ1v) is 9.74. The van der Waals surface area contributed by atoms with E-state index in [-0.39, 0.29) is 29.0 Å². The molecule has 3 aliphatic rings. The fourth-order valence-corrected chi connectivity index (χ4v) is 5.82. The lowest BCUT2D eigenvalue weighted by Gasteiger charge is -2.57. The van der Waals surface area contributed by atoms with Crippen LogP contribution >= 0.6 is 0 Å². The standard InChI is InChI=1S/C21H28FNO3/c1-20(26)9-15-3-2-4-16(10-20)21(15,14-5-7-17(22)8-6-14)11-19(25)23-12-18(24)13-23/h5-8,15-16,18,24,26H,2-4,9-13H2,1H3/t15?,16?,20-,21-. The number of carbonyl (C=O) groups is 1. The van der Waals surface area contributed by atoms with Crippen molar-refractivity contribution in [2.75, 3.05) is 13.1 Å². The topological polar surface area (TPSA) is 60.8 Å². The largest absolute Gasteiger partial charge is 0.390 e. The summed E-state index contributed by atoms with van der Waals surface area (Å²) < 4.78 is 13.5. The normalized spacial score (nSPS) is 37.3. The summed E-state index contributed by atoms with van der Waals surface area (Å²) in [6.45, 7) is 2.72. The second-order valence-corrected chi connectivity index (χ2v) is 8.91. The van der Waals surface area contributed by atoms with Gasteiger partial charge in [-0.2, -0.15) is 0 Å². The second-order valence-electron chi connectivity index (χ2n) is 8.91. The number of hydrogen-bond acceptors (Lipinski definition) is 3. The number of rotatable bonds is 3. The van der Waals surface area contributed by atoms with Crippen LogP contribution in [0.2, 0.25) is 0 Å². The van der Waals surface area contributed by atoms with E-state index in [1.165, 1.54) is 12.1 Å². The number of fused-ring (bicyclic) bond motifs is 2. The molecule has 2 unspecified atom stereocenters. The number of hydrogen-bond donors (Lipinski definition) is 2. The van der Waals surface area contributed by atoms with Crippen LogP contribution in [0.4, 0.5) is 4.39 Å². The van der Waals surface area contributed by atoms with E-state index >= 15 is 0 Å². The molecule has 0 spiro atoms. The predicted octanol–water partition coefficient (Wildman–Crippen LogP) is 2.62. The fourth-order valence-electron chi connectivity index (χ4n) is 5.82. The van der Waals surface area contributed by atoms with Crippen molar-refractivity contribution in [3.05, 3.63) is 35.6 Å². The van der Waals surface area contributed by atoms with E-state index in [1.54, 1.807) is 4.90 Å². The van der Waals surface area contributed by atoms with Gasteiger partial charge in [0.15, 0.2) is 0 Å². The molecule has 0 aromatic heterocycles. The van der Waals surface area contributed by atoms with Crippen molar-refractivity contribution in [3.63, 3.8) is 0 Å². The first kappa shape index (κ1) is 17.9. The maximum absolute atomic E-state index is 13.5. The Hall–Kier alpha value is -1.46. The Morgan fingerprint density at radius 1 is 1.19 bits per heavy atom. The van der Waals surface area contributed by atoms with E-state index < -0.39 is 11.7 Å². The quantitative estimate of drug-likeness (QED) is 0.870. The third kappa shape index (κ3) is 2.95. The third-order valence-corrected chi connectivity index (χ3v) is 6.97. The first-order valence-electron chi connectivity index (χ1n) is 9.74. The lowest BCUT2D eigenvalue weighted by molar-refractivity contribution is -0.149. The molecule has 1 heterocycles. The van der Waals surface area contributed by atoms with Crippen LogP contribution in [-0.2, 0) is 10.2 Å². The summed E-state index contributed by atoms with van der Waals surface area (Å²) in [7, 11) is 0. The Balaban J connectivity index is 1.72. The minimum atomic E-state index is -0.699. The van der Waals surface area contributed by atoms with Gasteiger partial charge in [-0.05, 0) is 62.1 Å². The van der Waals surface area contributed by atoms with Crippen molar-refractivity contribution in [2.24, 2.45) is 11.8 Å². The highest BCUT2D eigenvalue weighted by molar-refractivity contribution is 5.79. The highest BCUT2D eigenvalue weighted by Crippen LogP contribution is 2.58. The van der Waals surface area contributed by atoms with E-state index in [4.69, 9.17) is 0 Å². The molecule has 1 amide bonds. The van der Waals surface area contributed by atoms with Crippen molar-refractivity contribution in [3.8, 4) is 0 Å². The smallest absolute Gasteiger partial charge is 0.223 e. The Morgan fingerprint density at radius 2 is 1.77 bits per heavy atom. The molecule has 1 aromatic rings. The molecule has 0 radical (unpaired) electrons. The summed E-state index contributed by atoms with van der Waals surface area (Å²) in [5.74, 6) is 0.225. The first-order chi connectivity index (χ1) is 12.3. The minimum Gasteiger partial charge on any atom is -0.390 e. The van der Waals surface area contributed by atoms with Crippen LogP contribution in [0.3, 0.4) is 0 Å². The van der Waals surface area contributed by atoms with E-state index in [9.17, 15) is 19.4 Å². The predicted molar refractivity (Wildman–Crippen MR) is 96.0 cm³/mol. The Kier molecular flexibility index (Phi) is 4.35. The van der Waals surface area contributed by atoms with Crippen LogP contribution < -0.4 is 0 Å². The maximum Gasteiger partial charge on any atom is 0.223 e. The average molecular weight is 361 g/mol. The number of amides is 1. The zero-order chi connectivity index (χ0) is 18.5. The number of benzene rings is 1. The van der Waals surface area contributed by atoms with E-state index in [0.29, 0.717) is 32.4 Å². The summed E-state index contributed by atoms with van der Waals surface area (Å²) in [6, 6.07) is 6.63. The number of β-amino-alcohol motifs (C(OH)–C–C–N with tert-alkyl or cyclic N) is 1. The Morgan fingerprint density at radius 3 is 2.31 bits per heavy atom. The molecule has 1 saturated heterocycles. The summed E-state index contributed by atoms with van der Waals surface area (Å²) in [4.78, 5) is 14.7. The van der Waals surface area contributed by atoms with Crippen molar-refractivity contribution in [1.29, 1.82) is 0 Å². The Bertz CT molecular complexity index is 665. The van der Waals surface area contributed by atoms with Gasteiger partial charge >= 0.3 is 0 Å². The zero-order valence-electron chi connectivity index (χ0n) is 15.3. The SMILES string of the molecule is C[C@]1(O)CC2CCCC(C1)[C@@]2(CC(=O)N1CC(O)C1)c1ccc(F)cc1. The van der Waals surface area contributed by atoms with E-state index in [2.05, 4.69) is 0 Å². The number of aliphatic hydroxyl groups is 2. The van der Waals surface area contributed by atoms with Gasteiger partial charge in [-0.25, -0.2) is 4.39 Å². The molecule has 142 valence electrons. The number of halogens is 1. The van der Waals surface area contributed by atoms with Gasteiger partial charge in [0, 0.05) is 24.9 Å². The lowest BCUT2D eigenvalue weighted by Crippen LogP contribution is -2.59. The van der Waals surface area contributed by atoms with Crippen molar-refractivity contribution < 1.29 is 19.4 Å². The molecule has 3 fully saturated rings. The van der Waals surface area contributed by atoms with Gasteiger partial charge in [0.25, 0.3) is 0 Å². The second kappa shape index (κ2) is 6.31. The molecule has 4 nitrogen and oxygen atoms in total. The number of carbonyl (C=O) groups excluding carboxylic acids is 1. The van der Waals surface area contributed by atoms with E-state index in [0.717, 1.165) is 24.8 Å². The molecule has 2 atom stereocenters. The van der Waals surface area contributed by atoms with Crippen LogP contribution in [0.15, 0.2) is 24.3 Å². The maximum atomic E-state index is 13.5. The van der Waals surface area contributed by atoms with Crippen molar-refractivity contribution in [2.45, 2.75) is 62.6 Å². The zero-order valence-corrected chi connectivity index (χ0v) is 15.3. The number of nitrogens with zero attached hydrogens (tertiary/aromatic N) is 1. The van der Waals surface area contributed by atoms with Crippen molar-refractivity contribution >= 4 is 5.91 Å². The van der Waals surface area contributed by atoms with Gasteiger partial charge < -0.3 is 15.1 Å². The third-order valence-electron chi connectivity index (χ3n) is 6.97. The van der Waals surface area contributed by atoms with Crippen LogP contribution in [0.1, 0.15) is 51.0 Å². The lowest BCUT2D eigenvalue weighted by atomic mass is 9.48. The summed E-state index contributed by atoms with van der Waals surface area (Å²) in [5.41, 5.74) is -0.0142. The van der Waals surface area contributed by atoms with Crippen molar-refractivity contribution in [1.82, 2.24) is 4.90 Å². The number of likely N-dealkylation sites (tertiary alicyclic amines) is 1. The average Bonchev–Trinajstić information content (AvgIpc) is 2.53. The van der Waals surface area contributed by atoms with Crippen LogP contribution in [0.25, 0.3) is 0 Å². The molecule has 4 rings (SSSR count). The molecule has 2 saturated carbocycles. The van der Waals surface area contributed by atoms with Crippen LogP contribution in [0.5, 0.6) is 0 Å². The van der Waals surface area contributed by atoms with Gasteiger partial charge in [0.1, 0.15) is 5.82 Å². The van der Waals surface area contributed by atoms with E-state index in [1.807, 2.05) is 19.1 Å². The summed E-state index contributed by atoms with van der Waals surface area (Å²) in [5, 5.41) is 20.3. The van der Waals surface area contributed by atoms with Gasteiger partial charge in [0.2, 0.25) is 5.91 Å². The highest BCUT2D eigenvalue weighted by atomic mass is 19.1. The number of aliphatic hydroxyl groups excluding tert-OH is 1. The van der Waals surface area contributed by atoms with Gasteiger partial charge in [-0.1, -0.05) is 18.6 Å². The monoisotopic (exact) mass is 361 g/mol. The summed E-state index contributed by atoms with van der Waals surface area (Å²) >= 11 is 0. The van der Waals surface area contributed by atoms with Crippen LogP contribution in [-0.4, -0.2) is 45.8 Å². The highest BCUT2D eigenvalue weighted by Gasteiger charge is 2.56. The molecule has 2 aliphatic carbocycles. The molecule has 1 aliphatic heterocycles. The fraction of sp³-hybridized carbons (Fsp3) is 0.667. The molecule has 1 aromatic carbocycles. The van der Waals surface area contributed by atoms with Crippen LogP contribution in [0, 0.1) is 17.7 Å². The molecule has 2 N–H and O–H groups in total.